The Hall–Kier alpha value is -2.50. The molecule has 0 bridgehead atoms. The largest absolute Gasteiger partial charge is 0.357 e. The highest BCUT2D eigenvalue weighted by molar-refractivity contribution is 5.85. The van der Waals surface area contributed by atoms with Gasteiger partial charge >= 0.3 is 0 Å². The van der Waals surface area contributed by atoms with Crippen LogP contribution < -0.4 is 16.0 Å². The number of carbonyl (C=O) groups is 1. The zero-order valence-electron chi connectivity index (χ0n) is 16.3. The van der Waals surface area contributed by atoms with Crippen LogP contribution >= 0.6 is 0 Å². The van der Waals surface area contributed by atoms with E-state index < -0.39 is 0 Å². The number of aromatic nitrogens is 1. The van der Waals surface area contributed by atoms with Crippen molar-refractivity contribution in [3.05, 3.63) is 36.5 Å². The monoisotopic (exact) mass is 357 g/mol. The summed E-state index contributed by atoms with van der Waals surface area (Å²) in [5, 5.41) is 10.6. The van der Waals surface area contributed by atoms with Crippen LogP contribution in [0.4, 0.5) is 0 Å². The molecule has 2 rings (SSSR count). The minimum Gasteiger partial charge on any atom is -0.357 e. The maximum Gasteiger partial charge on any atom is 0.242 e. The fraction of sp³-hybridized carbons (Fsp3) is 0.500. The second-order valence-corrected chi connectivity index (χ2v) is 7.34. The Morgan fingerprint density at radius 3 is 2.65 bits per heavy atom. The van der Waals surface area contributed by atoms with Crippen LogP contribution in [-0.4, -0.2) is 41.6 Å². The highest BCUT2D eigenvalue weighted by Gasteiger charge is 2.13. The van der Waals surface area contributed by atoms with Gasteiger partial charge < -0.3 is 20.5 Å². The number of hydrogen-bond donors (Lipinski definition) is 3. The molecule has 0 spiro atoms. The first-order valence-corrected chi connectivity index (χ1v) is 9.26. The van der Waals surface area contributed by atoms with Crippen molar-refractivity contribution in [2.24, 2.45) is 4.99 Å². The maximum absolute atomic E-state index is 11.9. The summed E-state index contributed by atoms with van der Waals surface area (Å²) in [4.78, 5) is 16.3. The molecule has 142 valence electrons. The molecule has 0 saturated heterocycles. The number of nitrogens with one attached hydrogen (secondary N) is 3. The number of guanidine groups is 1. The first kappa shape index (κ1) is 19.8. The molecule has 0 aliphatic carbocycles. The topological polar surface area (TPSA) is 70.4 Å². The van der Waals surface area contributed by atoms with E-state index in [-0.39, 0.29) is 18.0 Å². The van der Waals surface area contributed by atoms with Gasteiger partial charge in [-0.2, -0.15) is 0 Å². The zero-order valence-corrected chi connectivity index (χ0v) is 16.3. The highest BCUT2D eigenvalue weighted by Crippen LogP contribution is 2.15. The van der Waals surface area contributed by atoms with E-state index in [1.165, 1.54) is 10.9 Å². The lowest BCUT2D eigenvalue weighted by atomic mass is 10.1. The molecule has 6 heteroatoms. The van der Waals surface area contributed by atoms with Crippen molar-refractivity contribution in [1.82, 2.24) is 20.5 Å². The molecule has 0 unspecified atom stereocenters. The Bertz CT molecular complexity index is 742. The maximum atomic E-state index is 11.9. The van der Waals surface area contributed by atoms with E-state index in [0.717, 1.165) is 26.1 Å². The molecular formula is C20H31N5O. The summed E-state index contributed by atoms with van der Waals surface area (Å²) >= 11 is 0. The van der Waals surface area contributed by atoms with Crippen LogP contribution in [0.5, 0.6) is 0 Å². The highest BCUT2D eigenvalue weighted by atomic mass is 16.2. The van der Waals surface area contributed by atoms with Crippen LogP contribution in [0.1, 0.15) is 34.1 Å². The van der Waals surface area contributed by atoms with E-state index in [1.54, 1.807) is 0 Å². The zero-order chi connectivity index (χ0) is 19.0. The average molecular weight is 358 g/mol. The van der Waals surface area contributed by atoms with Crippen molar-refractivity contribution >= 4 is 22.8 Å². The summed E-state index contributed by atoms with van der Waals surface area (Å²) < 4.78 is 2.26. The molecular weight excluding hydrogens is 326 g/mol. The average Bonchev–Trinajstić information content (AvgIpc) is 2.98. The normalized spacial score (nSPS) is 12.2. The molecule has 0 radical (unpaired) electrons. The van der Waals surface area contributed by atoms with Gasteiger partial charge in [0.05, 0.1) is 0 Å². The number of nitrogens with zero attached hydrogens (tertiary/aromatic N) is 2. The number of amides is 1. The van der Waals surface area contributed by atoms with Crippen molar-refractivity contribution < 1.29 is 4.79 Å². The molecule has 0 aliphatic rings. The van der Waals surface area contributed by atoms with Crippen molar-refractivity contribution in [3.63, 3.8) is 0 Å². The number of aliphatic imine (C=N–C) groups is 1. The Morgan fingerprint density at radius 2 is 1.92 bits per heavy atom. The van der Waals surface area contributed by atoms with E-state index in [1.807, 2.05) is 27.7 Å². The van der Waals surface area contributed by atoms with Crippen LogP contribution in [0, 0.1) is 0 Å². The van der Waals surface area contributed by atoms with Gasteiger partial charge in [0.25, 0.3) is 0 Å². The van der Waals surface area contributed by atoms with Gasteiger partial charge in [-0.25, -0.2) is 4.99 Å². The smallest absolute Gasteiger partial charge is 0.242 e. The predicted molar refractivity (Wildman–Crippen MR) is 108 cm³/mol. The number of carbonyl (C=O) groups excluding carboxylic acids is 1. The van der Waals surface area contributed by atoms with Gasteiger partial charge in [-0.3, -0.25) is 4.79 Å². The van der Waals surface area contributed by atoms with E-state index in [0.29, 0.717) is 5.96 Å². The van der Waals surface area contributed by atoms with Crippen molar-refractivity contribution in [3.8, 4) is 0 Å². The second kappa shape index (κ2) is 9.27. The van der Waals surface area contributed by atoms with Gasteiger partial charge in [0, 0.05) is 36.9 Å². The minimum absolute atomic E-state index is 0.0755. The predicted octanol–water partition coefficient (Wildman–Crippen LogP) is 2.50. The fourth-order valence-electron chi connectivity index (χ4n) is 2.74. The summed E-state index contributed by atoms with van der Waals surface area (Å²) in [6, 6.07) is 10.5. The van der Waals surface area contributed by atoms with Crippen molar-refractivity contribution in [2.75, 3.05) is 19.6 Å². The molecule has 2 aromatic rings. The molecule has 1 heterocycles. The minimum atomic E-state index is -0.238. The summed E-state index contributed by atoms with van der Waals surface area (Å²) in [6.45, 7) is 10.5. The lowest BCUT2D eigenvalue weighted by Crippen LogP contribution is -2.43. The molecule has 0 fully saturated rings. The molecule has 0 atom stereocenters. The Morgan fingerprint density at radius 1 is 1.15 bits per heavy atom. The second-order valence-electron chi connectivity index (χ2n) is 7.34. The van der Waals surface area contributed by atoms with Gasteiger partial charge in [-0.1, -0.05) is 18.2 Å². The van der Waals surface area contributed by atoms with Gasteiger partial charge in [0.2, 0.25) is 5.91 Å². The fourth-order valence-corrected chi connectivity index (χ4v) is 2.74. The molecule has 6 nitrogen and oxygen atoms in total. The molecule has 0 saturated carbocycles. The van der Waals surface area contributed by atoms with E-state index in [2.05, 4.69) is 62.0 Å². The number of aryl methyl sites for hydroxylation is 1. The summed E-state index contributed by atoms with van der Waals surface area (Å²) in [7, 11) is 0. The molecule has 26 heavy (non-hydrogen) atoms. The number of para-hydroxylation sites is 1. The Kier molecular flexibility index (Phi) is 7.06. The SMILES string of the molecule is CCNC(=NCC(=O)NC(C)(C)C)NCCCn1ccc2ccccc21. The van der Waals surface area contributed by atoms with Gasteiger partial charge in [-0.05, 0) is 51.6 Å². The van der Waals surface area contributed by atoms with Crippen LogP contribution in [0.25, 0.3) is 10.9 Å². The first-order valence-electron chi connectivity index (χ1n) is 9.26. The van der Waals surface area contributed by atoms with Gasteiger partial charge in [0.1, 0.15) is 6.54 Å². The van der Waals surface area contributed by atoms with Gasteiger partial charge in [0.15, 0.2) is 5.96 Å². The number of hydrogen-bond acceptors (Lipinski definition) is 2. The van der Waals surface area contributed by atoms with Gasteiger partial charge in [-0.15, -0.1) is 0 Å². The Labute approximate surface area is 156 Å². The lowest BCUT2D eigenvalue weighted by Gasteiger charge is -2.20. The third-order valence-corrected chi connectivity index (χ3v) is 3.79. The summed E-state index contributed by atoms with van der Waals surface area (Å²) in [5.41, 5.74) is 1.02. The van der Waals surface area contributed by atoms with Crippen LogP contribution in [-0.2, 0) is 11.3 Å². The standard InChI is InChI=1S/C20H31N5O/c1-5-21-19(23-15-18(26)24-20(2,3)4)22-12-8-13-25-14-11-16-9-6-7-10-17(16)25/h6-7,9-11,14H,5,8,12-13,15H2,1-4H3,(H,24,26)(H2,21,22,23). The molecule has 1 amide bonds. The van der Waals surface area contributed by atoms with Crippen LogP contribution in [0.3, 0.4) is 0 Å². The molecule has 3 N–H and O–H groups in total. The first-order chi connectivity index (χ1) is 12.4. The third kappa shape index (κ3) is 6.43. The van der Waals surface area contributed by atoms with E-state index in [4.69, 9.17) is 0 Å². The Balaban J connectivity index is 1.80. The molecule has 1 aromatic heterocycles. The summed E-state index contributed by atoms with van der Waals surface area (Å²) in [6.07, 6.45) is 3.10. The quantitative estimate of drug-likeness (QED) is 0.405. The molecule has 1 aromatic carbocycles. The van der Waals surface area contributed by atoms with Crippen LogP contribution in [0.15, 0.2) is 41.5 Å². The number of benzene rings is 1. The van der Waals surface area contributed by atoms with Crippen LogP contribution in [0.2, 0.25) is 0 Å². The lowest BCUT2D eigenvalue weighted by molar-refractivity contribution is -0.121. The summed E-state index contributed by atoms with van der Waals surface area (Å²) in [5.74, 6) is 0.599. The molecule has 0 aliphatic heterocycles. The van der Waals surface area contributed by atoms with E-state index in [9.17, 15) is 4.79 Å². The number of fused-ring (bicyclic) bond motifs is 1. The third-order valence-electron chi connectivity index (χ3n) is 3.79. The number of rotatable bonds is 7. The van der Waals surface area contributed by atoms with Crippen molar-refractivity contribution in [2.45, 2.75) is 46.2 Å². The van der Waals surface area contributed by atoms with E-state index >= 15 is 0 Å². The van der Waals surface area contributed by atoms with Crippen molar-refractivity contribution in [1.29, 1.82) is 0 Å².